The third-order valence-electron chi connectivity index (χ3n) is 4.59. The Balaban J connectivity index is 1.48. The number of hydrogen-bond donors (Lipinski definition) is 0. The molecule has 4 rings (SSSR count). The van der Waals surface area contributed by atoms with Crippen molar-refractivity contribution in [2.75, 3.05) is 13.1 Å². The molecular weight excluding hydrogens is 330 g/mol. The van der Waals surface area contributed by atoms with E-state index in [0.29, 0.717) is 0 Å². The minimum absolute atomic E-state index is 0.219. The summed E-state index contributed by atoms with van der Waals surface area (Å²) in [6.07, 6.45) is 0.219. The third-order valence-corrected chi connectivity index (χ3v) is 4.84. The van der Waals surface area contributed by atoms with Crippen molar-refractivity contribution in [1.82, 2.24) is 4.90 Å². The summed E-state index contributed by atoms with van der Waals surface area (Å²) in [5.41, 5.74) is 2.64. The highest BCUT2D eigenvalue weighted by atomic mass is 35.5. The number of rotatable bonds is 5. The van der Waals surface area contributed by atoms with Gasteiger partial charge in [0.15, 0.2) is 0 Å². The Morgan fingerprint density at radius 2 is 1.28 bits per heavy atom. The van der Waals surface area contributed by atoms with E-state index in [4.69, 9.17) is 16.3 Å². The van der Waals surface area contributed by atoms with Crippen molar-refractivity contribution >= 4 is 11.6 Å². The SMILES string of the molecule is Clc1ccc(OC2CN(C(c3ccccc3)c3ccccc3)C2)cc1. The van der Waals surface area contributed by atoms with Crippen LogP contribution in [0.4, 0.5) is 0 Å². The van der Waals surface area contributed by atoms with Crippen LogP contribution in [0.3, 0.4) is 0 Å². The van der Waals surface area contributed by atoms with Crippen molar-refractivity contribution in [3.8, 4) is 5.75 Å². The van der Waals surface area contributed by atoms with Crippen molar-refractivity contribution in [3.63, 3.8) is 0 Å². The summed E-state index contributed by atoms with van der Waals surface area (Å²) in [5, 5.41) is 0.732. The van der Waals surface area contributed by atoms with E-state index in [1.165, 1.54) is 11.1 Å². The summed E-state index contributed by atoms with van der Waals surface area (Å²) in [5.74, 6) is 0.880. The molecule has 25 heavy (non-hydrogen) atoms. The molecule has 0 atom stereocenters. The molecule has 126 valence electrons. The lowest BCUT2D eigenvalue weighted by Crippen LogP contribution is -2.55. The number of hydrogen-bond acceptors (Lipinski definition) is 2. The second-order valence-electron chi connectivity index (χ2n) is 6.37. The fraction of sp³-hybridized carbons (Fsp3) is 0.182. The molecule has 1 heterocycles. The number of halogens is 1. The molecule has 3 aromatic rings. The van der Waals surface area contributed by atoms with Crippen LogP contribution in [-0.4, -0.2) is 24.1 Å². The van der Waals surface area contributed by atoms with Crippen LogP contribution in [0.15, 0.2) is 84.9 Å². The maximum atomic E-state index is 6.06. The average Bonchev–Trinajstić information content (AvgIpc) is 2.63. The molecule has 0 unspecified atom stereocenters. The molecule has 1 aliphatic rings. The summed E-state index contributed by atoms with van der Waals surface area (Å²) in [4.78, 5) is 2.46. The van der Waals surface area contributed by atoms with Gasteiger partial charge in [0.05, 0.1) is 6.04 Å². The van der Waals surface area contributed by atoms with Crippen molar-refractivity contribution in [2.24, 2.45) is 0 Å². The number of benzene rings is 3. The summed E-state index contributed by atoms with van der Waals surface area (Å²) in [7, 11) is 0. The lowest BCUT2D eigenvalue weighted by atomic mass is 9.94. The van der Waals surface area contributed by atoms with Crippen LogP contribution in [0.2, 0.25) is 5.02 Å². The van der Waals surface area contributed by atoms with Gasteiger partial charge in [-0.3, -0.25) is 4.90 Å². The summed E-state index contributed by atoms with van der Waals surface area (Å²) in [6, 6.07) is 29.2. The second-order valence-corrected chi connectivity index (χ2v) is 6.81. The molecule has 0 N–H and O–H groups in total. The van der Waals surface area contributed by atoms with Gasteiger partial charge in [0, 0.05) is 18.1 Å². The third kappa shape index (κ3) is 3.71. The fourth-order valence-corrected chi connectivity index (χ4v) is 3.47. The molecule has 3 heteroatoms. The predicted molar refractivity (Wildman–Crippen MR) is 102 cm³/mol. The van der Waals surface area contributed by atoms with Gasteiger partial charge in [-0.05, 0) is 35.4 Å². The van der Waals surface area contributed by atoms with Crippen molar-refractivity contribution in [1.29, 1.82) is 0 Å². The molecule has 0 saturated carbocycles. The molecule has 0 aliphatic carbocycles. The van der Waals surface area contributed by atoms with E-state index in [1.54, 1.807) is 0 Å². The van der Waals surface area contributed by atoms with E-state index >= 15 is 0 Å². The van der Waals surface area contributed by atoms with E-state index in [-0.39, 0.29) is 12.1 Å². The van der Waals surface area contributed by atoms with Crippen LogP contribution >= 0.6 is 11.6 Å². The Morgan fingerprint density at radius 3 is 1.80 bits per heavy atom. The maximum absolute atomic E-state index is 6.06. The first-order valence-electron chi connectivity index (χ1n) is 8.56. The van der Waals surface area contributed by atoms with Gasteiger partial charge in [-0.25, -0.2) is 0 Å². The highest BCUT2D eigenvalue weighted by Crippen LogP contribution is 2.33. The van der Waals surface area contributed by atoms with Crippen LogP contribution in [0, 0.1) is 0 Å². The Morgan fingerprint density at radius 1 is 0.760 bits per heavy atom. The van der Waals surface area contributed by atoms with Gasteiger partial charge in [-0.15, -0.1) is 0 Å². The normalized spacial score (nSPS) is 15.1. The first kappa shape index (κ1) is 16.2. The predicted octanol–water partition coefficient (Wildman–Crippen LogP) is 5.19. The molecule has 1 saturated heterocycles. The van der Waals surface area contributed by atoms with Crippen LogP contribution in [0.5, 0.6) is 5.75 Å². The zero-order valence-electron chi connectivity index (χ0n) is 13.9. The smallest absolute Gasteiger partial charge is 0.124 e. The summed E-state index contributed by atoms with van der Waals surface area (Å²) < 4.78 is 6.06. The minimum atomic E-state index is 0.219. The van der Waals surface area contributed by atoms with Gasteiger partial charge in [-0.2, -0.15) is 0 Å². The molecule has 1 aliphatic heterocycles. The van der Waals surface area contributed by atoms with Crippen LogP contribution in [-0.2, 0) is 0 Å². The van der Waals surface area contributed by atoms with Gasteiger partial charge < -0.3 is 4.74 Å². The number of nitrogens with zero attached hydrogens (tertiary/aromatic N) is 1. The lowest BCUT2D eigenvalue weighted by molar-refractivity contribution is 0.000292. The van der Waals surface area contributed by atoms with Crippen LogP contribution in [0.25, 0.3) is 0 Å². The van der Waals surface area contributed by atoms with Gasteiger partial charge in [-0.1, -0.05) is 72.3 Å². The molecule has 0 bridgehead atoms. The monoisotopic (exact) mass is 349 g/mol. The molecular formula is C22H20ClNO. The molecule has 2 nitrogen and oxygen atoms in total. The highest BCUT2D eigenvalue weighted by molar-refractivity contribution is 6.30. The zero-order valence-corrected chi connectivity index (χ0v) is 14.6. The van der Waals surface area contributed by atoms with Gasteiger partial charge in [0.25, 0.3) is 0 Å². The van der Waals surface area contributed by atoms with Gasteiger partial charge >= 0.3 is 0 Å². The van der Waals surface area contributed by atoms with Crippen molar-refractivity contribution in [2.45, 2.75) is 12.1 Å². The van der Waals surface area contributed by atoms with E-state index in [2.05, 4.69) is 65.6 Å². The number of ether oxygens (including phenoxy) is 1. The van der Waals surface area contributed by atoms with E-state index in [1.807, 2.05) is 24.3 Å². The molecule has 0 amide bonds. The standard InChI is InChI=1S/C22H20ClNO/c23-19-11-13-20(14-12-19)25-21-15-24(16-21)22(17-7-3-1-4-8-17)18-9-5-2-6-10-18/h1-14,21-22H,15-16H2. The van der Waals surface area contributed by atoms with Crippen LogP contribution in [0.1, 0.15) is 17.2 Å². The Hall–Kier alpha value is -2.29. The topological polar surface area (TPSA) is 12.5 Å². The molecule has 1 fully saturated rings. The maximum Gasteiger partial charge on any atom is 0.124 e. The Bertz CT molecular complexity index is 759. The molecule has 0 spiro atoms. The molecule has 0 radical (unpaired) electrons. The first-order chi connectivity index (χ1) is 12.3. The van der Waals surface area contributed by atoms with Gasteiger partial charge in [0.2, 0.25) is 0 Å². The Labute approximate surface area is 153 Å². The van der Waals surface area contributed by atoms with Crippen molar-refractivity contribution in [3.05, 3.63) is 101 Å². The van der Waals surface area contributed by atoms with Gasteiger partial charge in [0.1, 0.15) is 11.9 Å². The zero-order chi connectivity index (χ0) is 17.1. The fourth-order valence-electron chi connectivity index (χ4n) is 3.35. The summed E-state index contributed by atoms with van der Waals surface area (Å²) in [6.45, 7) is 1.83. The molecule has 3 aromatic carbocycles. The summed E-state index contributed by atoms with van der Waals surface area (Å²) >= 11 is 5.93. The second kappa shape index (κ2) is 7.30. The first-order valence-corrected chi connectivity index (χ1v) is 8.93. The van der Waals surface area contributed by atoms with Crippen LogP contribution < -0.4 is 4.74 Å². The van der Waals surface area contributed by atoms with E-state index < -0.39 is 0 Å². The largest absolute Gasteiger partial charge is 0.488 e. The highest BCUT2D eigenvalue weighted by Gasteiger charge is 2.35. The quantitative estimate of drug-likeness (QED) is 0.628. The lowest BCUT2D eigenvalue weighted by Gasteiger charge is -2.44. The minimum Gasteiger partial charge on any atom is -0.488 e. The number of likely N-dealkylation sites (tertiary alicyclic amines) is 1. The van der Waals surface area contributed by atoms with Crippen molar-refractivity contribution < 1.29 is 4.74 Å². The van der Waals surface area contributed by atoms with E-state index in [9.17, 15) is 0 Å². The molecule has 0 aromatic heterocycles. The Kier molecular flexibility index (Phi) is 4.73. The van der Waals surface area contributed by atoms with E-state index in [0.717, 1.165) is 23.9 Å². The average molecular weight is 350 g/mol.